The lowest BCUT2D eigenvalue weighted by Gasteiger charge is -2.02. The van der Waals surface area contributed by atoms with Crippen LogP contribution in [-0.2, 0) is 4.79 Å². The van der Waals surface area contributed by atoms with Crippen molar-refractivity contribution in [2.75, 3.05) is 6.61 Å². The van der Waals surface area contributed by atoms with Gasteiger partial charge < -0.3 is 4.74 Å². The second kappa shape index (κ2) is 5.01. The summed E-state index contributed by atoms with van der Waals surface area (Å²) >= 11 is 6.04. The van der Waals surface area contributed by atoms with Gasteiger partial charge in [-0.1, -0.05) is 23.7 Å². The van der Waals surface area contributed by atoms with Gasteiger partial charge in [-0.25, -0.2) is 4.68 Å². The van der Waals surface area contributed by atoms with Crippen molar-refractivity contribution in [1.29, 1.82) is 0 Å². The molecule has 0 aliphatic heterocycles. The molecule has 0 fully saturated rings. The van der Waals surface area contributed by atoms with E-state index in [1.807, 2.05) is 18.2 Å². The fraction of sp³-hybridized carbons (Fsp3) is 0.167. The zero-order chi connectivity index (χ0) is 12.3. The summed E-state index contributed by atoms with van der Waals surface area (Å²) < 4.78 is 6.84. The molecule has 0 bridgehead atoms. The highest BCUT2D eigenvalue weighted by Gasteiger charge is 2.05. The molecule has 17 heavy (non-hydrogen) atoms. The number of nitrogens with zero attached hydrogens (tertiary/aromatic N) is 2. The largest absolute Gasteiger partial charge is 0.483 e. The average molecular weight is 251 g/mol. The van der Waals surface area contributed by atoms with Crippen LogP contribution in [0.2, 0.25) is 5.02 Å². The number of ether oxygens (including phenoxy) is 1. The van der Waals surface area contributed by atoms with E-state index in [-0.39, 0.29) is 12.4 Å². The molecule has 0 unspecified atom stereocenters. The number of halogens is 1. The molecule has 0 saturated heterocycles. The first-order valence-corrected chi connectivity index (χ1v) is 5.46. The molecule has 4 nitrogen and oxygen atoms in total. The Hall–Kier alpha value is -1.81. The van der Waals surface area contributed by atoms with Gasteiger partial charge in [0.15, 0.2) is 11.5 Å². The highest BCUT2D eigenvalue weighted by molar-refractivity contribution is 6.32. The molecule has 2 rings (SSSR count). The van der Waals surface area contributed by atoms with Gasteiger partial charge >= 0.3 is 0 Å². The number of Topliss-reactive ketones (excluding diaryl/α,β-unsaturated/α-hetero) is 1. The molecule has 2 aromatic rings. The summed E-state index contributed by atoms with van der Waals surface area (Å²) in [6, 6.07) is 7.36. The summed E-state index contributed by atoms with van der Waals surface area (Å²) in [7, 11) is 0. The number of para-hydroxylation sites is 1. The van der Waals surface area contributed by atoms with E-state index in [9.17, 15) is 4.79 Å². The Balaban J connectivity index is 2.18. The van der Waals surface area contributed by atoms with Crippen LogP contribution in [0.1, 0.15) is 6.92 Å². The number of benzene rings is 1. The first-order valence-electron chi connectivity index (χ1n) is 5.08. The van der Waals surface area contributed by atoms with E-state index in [4.69, 9.17) is 16.3 Å². The summed E-state index contributed by atoms with van der Waals surface area (Å²) in [5.41, 5.74) is 0.770. The molecule has 1 aromatic heterocycles. The molecule has 1 aromatic carbocycles. The summed E-state index contributed by atoms with van der Waals surface area (Å²) in [4.78, 5) is 10.8. The van der Waals surface area contributed by atoms with Crippen LogP contribution in [0.4, 0.5) is 0 Å². The summed E-state index contributed by atoms with van der Waals surface area (Å²) in [6.07, 6.45) is 3.23. The Morgan fingerprint density at radius 2 is 2.24 bits per heavy atom. The van der Waals surface area contributed by atoms with Crippen molar-refractivity contribution in [2.45, 2.75) is 6.92 Å². The number of carbonyl (C=O) groups is 1. The normalized spacial score (nSPS) is 10.2. The highest BCUT2D eigenvalue weighted by Crippen LogP contribution is 2.21. The molecule has 0 spiro atoms. The van der Waals surface area contributed by atoms with Crippen LogP contribution in [0.15, 0.2) is 36.7 Å². The molecule has 5 heteroatoms. The quantitative estimate of drug-likeness (QED) is 0.837. The van der Waals surface area contributed by atoms with E-state index in [1.165, 1.54) is 6.92 Å². The van der Waals surface area contributed by atoms with Crippen molar-refractivity contribution in [3.05, 3.63) is 41.7 Å². The molecule has 1 heterocycles. The molecule has 0 atom stereocenters. The molecule has 0 amide bonds. The number of hydrogen-bond acceptors (Lipinski definition) is 3. The van der Waals surface area contributed by atoms with Gasteiger partial charge in [0.2, 0.25) is 0 Å². The van der Waals surface area contributed by atoms with Crippen LogP contribution >= 0.6 is 11.6 Å². The van der Waals surface area contributed by atoms with Crippen LogP contribution in [0.5, 0.6) is 5.75 Å². The van der Waals surface area contributed by atoms with Crippen molar-refractivity contribution >= 4 is 17.4 Å². The minimum absolute atomic E-state index is 0.0320. The SMILES string of the molecule is CC(=O)COc1cnn(-c2ccccc2Cl)c1. The van der Waals surface area contributed by atoms with E-state index < -0.39 is 0 Å². The second-order valence-electron chi connectivity index (χ2n) is 3.56. The van der Waals surface area contributed by atoms with E-state index in [0.29, 0.717) is 10.8 Å². The number of aromatic nitrogens is 2. The molecule has 0 N–H and O–H groups in total. The lowest BCUT2D eigenvalue weighted by Crippen LogP contribution is -2.05. The number of rotatable bonds is 4. The smallest absolute Gasteiger partial charge is 0.167 e. The average Bonchev–Trinajstić information content (AvgIpc) is 2.75. The number of carbonyl (C=O) groups excluding carboxylic acids is 1. The van der Waals surface area contributed by atoms with Crippen molar-refractivity contribution in [3.63, 3.8) is 0 Å². The van der Waals surface area contributed by atoms with Crippen LogP contribution in [0, 0.1) is 0 Å². The Morgan fingerprint density at radius 3 is 2.94 bits per heavy atom. The third-order valence-corrected chi connectivity index (χ3v) is 2.42. The molecular formula is C12H11ClN2O2. The van der Waals surface area contributed by atoms with Crippen molar-refractivity contribution in [2.24, 2.45) is 0 Å². The minimum Gasteiger partial charge on any atom is -0.483 e. The first-order chi connectivity index (χ1) is 8.16. The Bertz CT molecular complexity index is 537. The second-order valence-corrected chi connectivity index (χ2v) is 3.97. The van der Waals surface area contributed by atoms with Crippen molar-refractivity contribution < 1.29 is 9.53 Å². The minimum atomic E-state index is -0.0320. The molecule has 88 valence electrons. The lowest BCUT2D eigenvalue weighted by atomic mass is 10.3. The Kier molecular flexibility index (Phi) is 3.44. The molecule has 0 aliphatic rings. The monoisotopic (exact) mass is 250 g/mol. The van der Waals surface area contributed by atoms with Crippen LogP contribution < -0.4 is 4.74 Å². The maximum atomic E-state index is 10.8. The van der Waals surface area contributed by atoms with E-state index in [2.05, 4.69) is 5.10 Å². The molecular weight excluding hydrogens is 240 g/mol. The predicted octanol–water partition coefficient (Wildman–Crippen LogP) is 2.49. The summed E-state index contributed by atoms with van der Waals surface area (Å²) in [5.74, 6) is 0.510. The van der Waals surface area contributed by atoms with Gasteiger partial charge in [-0.05, 0) is 19.1 Å². The standard InChI is InChI=1S/C12H11ClN2O2/c1-9(16)8-17-10-6-14-15(7-10)12-5-3-2-4-11(12)13/h2-7H,8H2,1H3. The van der Waals surface area contributed by atoms with Crippen LogP contribution in [-0.4, -0.2) is 22.2 Å². The zero-order valence-corrected chi connectivity index (χ0v) is 10.0. The Morgan fingerprint density at radius 1 is 1.47 bits per heavy atom. The van der Waals surface area contributed by atoms with Gasteiger partial charge in [0.25, 0.3) is 0 Å². The van der Waals surface area contributed by atoms with Gasteiger partial charge in [-0.2, -0.15) is 5.10 Å². The topological polar surface area (TPSA) is 44.1 Å². The lowest BCUT2D eigenvalue weighted by molar-refractivity contribution is -0.118. The van der Waals surface area contributed by atoms with Crippen LogP contribution in [0.3, 0.4) is 0 Å². The van der Waals surface area contributed by atoms with E-state index >= 15 is 0 Å². The van der Waals surface area contributed by atoms with Gasteiger partial charge in [-0.15, -0.1) is 0 Å². The maximum absolute atomic E-state index is 10.8. The number of ketones is 1. The van der Waals surface area contributed by atoms with E-state index in [1.54, 1.807) is 23.1 Å². The summed E-state index contributed by atoms with van der Waals surface area (Å²) in [6.45, 7) is 1.52. The number of hydrogen-bond donors (Lipinski definition) is 0. The maximum Gasteiger partial charge on any atom is 0.167 e. The van der Waals surface area contributed by atoms with Crippen LogP contribution in [0.25, 0.3) is 5.69 Å². The van der Waals surface area contributed by atoms with Gasteiger partial charge in [-0.3, -0.25) is 4.79 Å². The van der Waals surface area contributed by atoms with E-state index in [0.717, 1.165) is 5.69 Å². The highest BCUT2D eigenvalue weighted by atomic mass is 35.5. The fourth-order valence-corrected chi connectivity index (χ4v) is 1.56. The van der Waals surface area contributed by atoms with Crippen molar-refractivity contribution in [1.82, 2.24) is 9.78 Å². The fourth-order valence-electron chi connectivity index (χ4n) is 1.34. The molecule has 0 radical (unpaired) electrons. The molecule has 0 aliphatic carbocycles. The predicted molar refractivity (Wildman–Crippen MR) is 64.8 cm³/mol. The van der Waals surface area contributed by atoms with Crippen molar-refractivity contribution in [3.8, 4) is 11.4 Å². The Labute approximate surface area is 104 Å². The van der Waals surface area contributed by atoms with Gasteiger partial charge in [0.1, 0.15) is 6.61 Å². The molecule has 0 saturated carbocycles. The third-order valence-electron chi connectivity index (χ3n) is 2.10. The first kappa shape index (κ1) is 11.7. The third kappa shape index (κ3) is 2.85. The van der Waals surface area contributed by atoms with Gasteiger partial charge in [0, 0.05) is 0 Å². The zero-order valence-electron chi connectivity index (χ0n) is 9.26. The summed E-state index contributed by atoms with van der Waals surface area (Å²) in [5, 5.41) is 4.73. The van der Waals surface area contributed by atoms with Gasteiger partial charge in [0.05, 0.1) is 23.1 Å².